The molecule has 2 aromatic carbocycles. The molecule has 6 N–H and O–H groups in total. The summed E-state index contributed by atoms with van der Waals surface area (Å²) in [5.41, 5.74) is 2.95. The van der Waals surface area contributed by atoms with Gasteiger partial charge in [0.05, 0.1) is 5.69 Å². The van der Waals surface area contributed by atoms with Crippen molar-refractivity contribution >= 4 is 27.8 Å². The maximum atomic E-state index is 12.9. The Morgan fingerprint density at radius 1 is 1.13 bits per heavy atom. The summed E-state index contributed by atoms with van der Waals surface area (Å²) in [6.45, 7) is 0.193. The molecule has 0 fully saturated rings. The molecule has 0 saturated carbocycles. The molecule has 168 valence electrons. The van der Waals surface area contributed by atoms with Crippen LogP contribution in [-0.4, -0.2) is 42.8 Å². The highest BCUT2D eigenvalue weighted by Gasteiger charge is 2.34. The molecular weight excluding hydrogens is 420 g/mol. The number of hydrogen-bond acceptors (Lipinski definition) is 5. The van der Waals surface area contributed by atoms with Crippen molar-refractivity contribution in [2.75, 3.05) is 11.8 Å². The molecule has 1 aliphatic rings. The van der Waals surface area contributed by atoms with Gasteiger partial charge in [-0.2, -0.15) is 8.42 Å². The Hall–Kier alpha value is -2.95. The van der Waals surface area contributed by atoms with Crippen LogP contribution in [0.2, 0.25) is 0 Å². The number of carbonyl (C=O) groups is 2. The number of anilines is 1. The Morgan fingerprint density at radius 3 is 2.48 bits per heavy atom. The van der Waals surface area contributed by atoms with E-state index in [2.05, 4.69) is 5.32 Å². The van der Waals surface area contributed by atoms with E-state index in [-0.39, 0.29) is 30.2 Å². The van der Waals surface area contributed by atoms with Crippen LogP contribution in [0, 0.1) is 0 Å². The summed E-state index contributed by atoms with van der Waals surface area (Å²) in [6, 6.07) is 14.1. The second kappa shape index (κ2) is 10.4. The summed E-state index contributed by atoms with van der Waals surface area (Å²) in [4.78, 5) is 26.9. The number of benzene rings is 2. The van der Waals surface area contributed by atoms with E-state index in [1.165, 1.54) is 13.1 Å². The predicted molar refractivity (Wildman–Crippen MR) is 118 cm³/mol. The standard InChI is InChI=1S/C21H25N3O5S.H3N/c1-22-21(26)19-13-16-10-11-18(23-30(27,28)29)12-17(16)14-24(19)20(25)9-5-8-15-6-3-2-4-7-15;/h2-4,6-7,10-12,19,23H,5,8-9,13-14H2,1H3,(H,22,26)(H,27,28,29);1H3/t19-;/m0./s1. The maximum Gasteiger partial charge on any atom is 0.357 e. The molecule has 1 atom stereocenters. The van der Waals surface area contributed by atoms with Gasteiger partial charge in [0.2, 0.25) is 11.8 Å². The number of hydrogen-bond donors (Lipinski definition) is 4. The van der Waals surface area contributed by atoms with Crippen LogP contribution < -0.4 is 16.2 Å². The van der Waals surface area contributed by atoms with Gasteiger partial charge in [-0.1, -0.05) is 36.4 Å². The van der Waals surface area contributed by atoms with Gasteiger partial charge < -0.3 is 16.4 Å². The third kappa shape index (κ3) is 6.51. The first-order valence-corrected chi connectivity index (χ1v) is 11.1. The predicted octanol–water partition coefficient (Wildman–Crippen LogP) is 2.09. The van der Waals surface area contributed by atoms with Crippen molar-refractivity contribution in [2.45, 2.75) is 38.3 Å². The number of carbonyl (C=O) groups excluding carboxylic acids is 2. The zero-order valence-corrected chi connectivity index (χ0v) is 18.2. The smallest absolute Gasteiger partial charge is 0.357 e. The van der Waals surface area contributed by atoms with Gasteiger partial charge in [-0.15, -0.1) is 0 Å². The van der Waals surface area contributed by atoms with E-state index in [9.17, 15) is 18.0 Å². The van der Waals surface area contributed by atoms with Gasteiger partial charge in [0.1, 0.15) is 6.04 Å². The molecule has 0 aromatic heterocycles. The monoisotopic (exact) mass is 448 g/mol. The molecule has 0 saturated heterocycles. The van der Waals surface area contributed by atoms with Crippen LogP contribution in [0.25, 0.3) is 0 Å². The molecule has 3 rings (SSSR count). The summed E-state index contributed by atoms with van der Waals surface area (Å²) >= 11 is 0. The fraction of sp³-hybridized carbons (Fsp3) is 0.333. The summed E-state index contributed by atoms with van der Waals surface area (Å²) in [5.74, 6) is -0.365. The molecule has 31 heavy (non-hydrogen) atoms. The minimum absolute atomic E-state index is 0. The van der Waals surface area contributed by atoms with Gasteiger partial charge in [0, 0.05) is 26.4 Å². The lowest BCUT2D eigenvalue weighted by Crippen LogP contribution is -2.51. The van der Waals surface area contributed by atoms with Gasteiger partial charge in [-0.05, 0) is 41.7 Å². The Morgan fingerprint density at radius 2 is 1.84 bits per heavy atom. The van der Waals surface area contributed by atoms with Crippen LogP contribution in [0.5, 0.6) is 0 Å². The molecule has 0 aliphatic carbocycles. The van der Waals surface area contributed by atoms with Crippen LogP contribution in [0.1, 0.15) is 29.5 Å². The average molecular weight is 449 g/mol. The third-order valence-corrected chi connectivity index (χ3v) is 5.65. The molecule has 0 spiro atoms. The van der Waals surface area contributed by atoms with E-state index >= 15 is 0 Å². The third-order valence-electron chi connectivity index (χ3n) is 5.15. The molecule has 9 nitrogen and oxygen atoms in total. The normalized spacial score (nSPS) is 15.4. The molecule has 2 aromatic rings. The molecule has 0 unspecified atom stereocenters. The van der Waals surface area contributed by atoms with Gasteiger partial charge in [0.25, 0.3) is 0 Å². The van der Waals surface area contributed by atoms with Crippen LogP contribution in [0.4, 0.5) is 5.69 Å². The fourth-order valence-corrected chi connectivity index (χ4v) is 4.12. The van der Waals surface area contributed by atoms with Gasteiger partial charge >= 0.3 is 10.3 Å². The van der Waals surface area contributed by atoms with Crippen molar-refractivity contribution < 1.29 is 22.6 Å². The van der Waals surface area contributed by atoms with E-state index in [1.807, 2.05) is 35.1 Å². The summed E-state index contributed by atoms with van der Waals surface area (Å²) < 4.78 is 33.2. The minimum Gasteiger partial charge on any atom is -0.357 e. The van der Waals surface area contributed by atoms with Crippen LogP contribution in [0.15, 0.2) is 48.5 Å². The number of rotatable bonds is 7. The molecule has 10 heteroatoms. The molecule has 1 heterocycles. The number of amides is 2. The van der Waals surface area contributed by atoms with Gasteiger partial charge in [-0.3, -0.25) is 18.9 Å². The minimum atomic E-state index is -4.39. The second-order valence-corrected chi connectivity index (χ2v) is 8.41. The highest BCUT2D eigenvalue weighted by atomic mass is 32.2. The van der Waals surface area contributed by atoms with E-state index in [0.717, 1.165) is 23.1 Å². The zero-order valence-electron chi connectivity index (χ0n) is 17.4. The van der Waals surface area contributed by atoms with Crippen LogP contribution in [0.3, 0.4) is 0 Å². The van der Waals surface area contributed by atoms with E-state index in [4.69, 9.17) is 4.55 Å². The van der Waals surface area contributed by atoms with Crippen LogP contribution >= 0.6 is 0 Å². The molecule has 0 radical (unpaired) electrons. The Labute approximate surface area is 182 Å². The van der Waals surface area contributed by atoms with Crippen molar-refractivity contribution in [1.82, 2.24) is 16.4 Å². The van der Waals surface area contributed by atoms with Crippen molar-refractivity contribution in [2.24, 2.45) is 0 Å². The molecule has 0 bridgehead atoms. The Balaban J connectivity index is 0.00000341. The number of likely N-dealkylation sites (N-methyl/N-ethyl adjacent to an activating group) is 1. The lowest BCUT2D eigenvalue weighted by atomic mass is 9.92. The highest BCUT2D eigenvalue weighted by molar-refractivity contribution is 7.87. The maximum absolute atomic E-state index is 12.9. The highest BCUT2D eigenvalue weighted by Crippen LogP contribution is 2.27. The van der Waals surface area contributed by atoms with Crippen molar-refractivity contribution in [3.8, 4) is 0 Å². The lowest BCUT2D eigenvalue weighted by Gasteiger charge is -2.36. The van der Waals surface area contributed by atoms with Gasteiger partial charge in [0.15, 0.2) is 0 Å². The summed E-state index contributed by atoms with van der Waals surface area (Å²) in [7, 11) is -2.86. The Bertz CT molecular complexity index is 1030. The van der Waals surface area contributed by atoms with E-state index in [0.29, 0.717) is 19.3 Å². The van der Waals surface area contributed by atoms with Crippen molar-refractivity contribution in [1.29, 1.82) is 0 Å². The number of nitrogens with one attached hydrogen (secondary N) is 2. The quantitative estimate of drug-likeness (QED) is 0.476. The number of aryl methyl sites for hydroxylation is 1. The number of nitrogens with zero attached hydrogens (tertiary/aromatic N) is 1. The summed E-state index contributed by atoms with van der Waals surface area (Å²) in [6.07, 6.45) is 2.08. The topological polar surface area (TPSA) is 151 Å². The summed E-state index contributed by atoms with van der Waals surface area (Å²) in [5, 5.41) is 2.62. The average Bonchev–Trinajstić information content (AvgIpc) is 2.71. The first-order chi connectivity index (χ1) is 14.3. The zero-order chi connectivity index (χ0) is 21.7. The second-order valence-electron chi connectivity index (χ2n) is 7.26. The largest absolute Gasteiger partial charge is 0.357 e. The van der Waals surface area contributed by atoms with E-state index < -0.39 is 16.3 Å². The first-order valence-electron chi connectivity index (χ1n) is 9.69. The van der Waals surface area contributed by atoms with Crippen LogP contribution in [-0.2, 0) is 39.3 Å². The number of fused-ring (bicyclic) bond motifs is 1. The lowest BCUT2D eigenvalue weighted by molar-refractivity contribution is -0.141. The van der Waals surface area contributed by atoms with Gasteiger partial charge in [-0.25, -0.2) is 0 Å². The molecular formula is C21H28N4O5S. The fourth-order valence-electron chi connectivity index (χ4n) is 3.69. The molecule has 1 aliphatic heterocycles. The molecule has 2 amide bonds. The first kappa shape index (κ1) is 24.3. The Kier molecular flexibility index (Phi) is 8.14. The van der Waals surface area contributed by atoms with Crippen molar-refractivity contribution in [3.05, 3.63) is 65.2 Å². The SMILES string of the molecule is CNC(=O)[C@@H]1Cc2ccc(NS(=O)(=O)O)cc2CN1C(=O)CCCc1ccccc1.N. The van der Waals surface area contributed by atoms with E-state index in [1.54, 1.807) is 17.0 Å². The van der Waals surface area contributed by atoms with Crippen molar-refractivity contribution in [3.63, 3.8) is 0 Å².